The number of hydrogen-bond donors (Lipinski definition) is 0. The van der Waals surface area contributed by atoms with Gasteiger partial charge in [-0.1, -0.05) is 197 Å². The van der Waals surface area contributed by atoms with Crippen molar-refractivity contribution in [2.45, 2.75) is 57.3 Å². The molecule has 10 aromatic rings. The summed E-state index contributed by atoms with van der Waals surface area (Å²) in [5.41, 5.74) is 19.1. The van der Waals surface area contributed by atoms with Gasteiger partial charge in [0, 0.05) is 38.6 Å². The first-order valence-electron chi connectivity index (χ1n) is 22.8. The lowest BCUT2D eigenvalue weighted by Gasteiger charge is -2.31. The van der Waals surface area contributed by atoms with Crippen LogP contribution >= 0.6 is 0 Å². The average molecular weight is 812 g/mol. The van der Waals surface area contributed by atoms with Crippen molar-refractivity contribution in [1.29, 1.82) is 0 Å². The summed E-state index contributed by atoms with van der Waals surface area (Å²) in [4.78, 5) is 2.53. The molecule has 304 valence electrons. The Hall–Kier alpha value is -7.16. The Morgan fingerprint density at radius 2 is 1.06 bits per heavy atom. The highest BCUT2D eigenvalue weighted by atomic mass is 16.3. The maximum absolute atomic E-state index is 6.64. The third-order valence-corrected chi connectivity index (χ3v) is 14.3. The lowest BCUT2D eigenvalue weighted by atomic mass is 9.80. The predicted molar refractivity (Wildman–Crippen MR) is 266 cm³/mol. The lowest BCUT2D eigenvalue weighted by Crippen LogP contribution is -2.15. The van der Waals surface area contributed by atoms with Gasteiger partial charge in [-0.2, -0.15) is 0 Å². The van der Waals surface area contributed by atoms with E-state index >= 15 is 0 Å². The van der Waals surface area contributed by atoms with Gasteiger partial charge in [0.2, 0.25) is 0 Å². The summed E-state index contributed by atoms with van der Waals surface area (Å²) in [6.45, 7) is 4.74. The molecule has 2 heteroatoms. The van der Waals surface area contributed by atoms with Crippen LogP contribution in [0.3, 0.4) is 0 Å². The fourth-order valence-corrected chi connectivity index (χ4v) is 11.3. The van der Waals surface area contributed by atoms with Crippen LogP contribution in [0, 0.1) is 0 Å². The molecule has 2 nitrogen and oxygen atoms in total. The number of para-hydroxylation sites is 4. The molecule has 63 heavy (non-hydrogen) atoms. The largest absolute Gasteiger partial charge is 0.455 e. The maximum atomic E-state index is 6.64. The summed E-state index contributed by atoms with van der Waals surface area (Å²) in [6, 6.07) is 72.0. The molecule has 0 radical (unpaired) electrons. The fourth-order valence-electron chi connectivity index (χ4n) is 11.3. The Morgan fingerprint density at radius 3 is 1.89 bits per heavy atom. The molecule has 1 aromatic heterocycles. The molecule has 0 N–H and O–H groups in total. The van der Waals surface area contributed by atoms with E-state index in [-0.39, 0.29) is 5.41 Å². The quantitative estimate of drug-likeness (QED) is 0.159. The Kier molecular flexibility index (Phi) is 8.97. The van der Waals surface area contributed by atoms with Crippen molar-refractivity contribution < 1.29 is 4.42 Å². The molecular weight excluding hydrogens is 763 g/mol. The van der Waals surface area contributed by atoms with Gasteiger partial charge in [0.1, 0.15) is 11.2 Å². The van der Waals surface area contributed by atoms with Crippen molar-refractivity contribution in [3.05, 3.63) is 211 Å². The van der Waals surface area contributed by atoms with Gasteiger partial charge in [-0.25, -0.2) is 0 Å². The van der Waals surface area contributed by atoms with Gasteiger partial charge in [-0.05, 0) is 104 Å². The van der Waals surface area contributed by atoms with Crippen LogP contribution in [0.5, 0.6) is 0 Å². The second-order valence-corrected chi connectivity index (χ2v) is 18.2. The van der Waals surface area contributed by atoms with Crippen molar-refractivity contribution in [2.75, 3.05) is 4.90 Å². The van der Waals surface area contributed by atoms with Crippen LogP contribution in [0.1, 0.15) is 68.6 Å². The molecule has 1 heterocycles. The molecule has 1 fully saturated rings. The Bertz CT molecular complexity index is 3370. The van der Waals surface area contributed by atoms with E-state index in [0.29, 0.717) is 5.92 Å². The molecule has 0 saturated heterocycles. The first-order chi connectivity index (χ1) is 31.0. The first-order valence-corrected chi connectivity index (χ1v) is 22.8. The number of furan rings is 1. The number of nitrogens with zero attached hydrogens (tertiary/aromatic N) is 1. The van der Waals surface area contributed by atoms with Gasteiger partial charge in [0.15, 0.2) is 0 Å². The summed E-state index contributed by atoms with van der Waals surface area (Å²) < 4.78 is 6.64. The first kappa shape index (κ1) is 37.6. The summed E-state index contributed by atoms with van der Waals surface area (Å²) in [6.07, 6.45) is 6.44. The fraction of sp³-hybridized carbons (Fsp3) is 0.148. The normalized spacial score (nSPS) is 14.6. The molecule has 0 spiro atoms. The summed E-state index contributed by atoms with van der Waals surface area (Å²) in [7, 11) is 0. The molecule has 0 unspecified atom stereocenters. The van der Waals surface area contributed by atoms with Crippen molar-refractivity contribution in [3.63, 3.8) is 0 Å². The second kappa shape index (κ2) is 15.0. The lowest BCUT2D eigenvalue weighted by molar-refractivity contribution is 0.445. The number of anilines is 3. The highest BCUT2D eigenvalue weighted by molar-refractivity contribution is 6.10. The van der Waals surface area contributed by atoms with Crippen LogP contribution in [0.15, 0.2) is 199 Å². The van der Waals surface area contributed by atoms with E-state index in [1.165, 1.54) is 92.9 Å². The van der Waals surface area contributed by atoms with E-state index in [2.05, 4.69) is 207 Å². The molecule has 12 rings (SSSR count). The number of rotatable bonds is 7. The smallest absolute Gasteiger partial charge is 0.143 e. The second-order valence-electron chi connectivity index (χ2n) is 18.2. The number of hydrogen-bond acceptors (Lipinski definition) is 2. The van der Waals surface area contributed by atoms with E-state index < -0.39 is 0 Å². The third-order valence-electron chi connectivity index (χ3n) is 14.3. The van der Waals surface area contributed by atoms with E-state index in [9.17, 15) is 0 Å². The van der Waals surface area contributed by atoms with Crippen LogP contribution in [0.2, 0.25) is 0 Å². The van der Waals surface area contributed by atoms with Crippen LogP contribution in [-0.2, 0) is 5.41 Å². The van der Waals surface area contributed by atoms with E-state index in [4.69, 9.17) is 4.42 Å². The minimum Gasteiger partial charge on any atom is -0.455 e. The molecule has 0 aliphatic heterocycles. The molecule has 2 aliphatic carbocycles. The Balaban J connectivity index is 1.12. The molecule has 2 aliphatic rings. The molecule has 0 atom stereocenters. The topological polar surface area (TPSA) is 16.4 Å². The van der Waals surface area contributed by atoms with Gasteiger partial charge in [-0.15, -0.1) is 0 Å². The molecule has 9 aromatic carbocycles. The predicted octanol–water partition coefficient (Wildman–Crippen LogP) is 17.6. The molecule has 0 bridgehead atoms. The van der Waals surface area contributed by atoms with E-state index in [1.54, 1.807) is 0 Å². The minimum atomic E-state index is -0.112. The summed E-state index contributed by atoms with van der Waals surface area (Å²) in [5.74, 6) is 0.567. The summed E-state index contributed by atoms with van der Waals surface area (Å²) in [5, 5.41) is 4.96. The van der Waals surface area contributed by atoms with Gasteiger partial charge < -0.3 is 9.32 Å². The van der Waals surface area contributed by atoms with Gasteiger partial charge in [-0.3, -0.25) is 0 Å². The average Bonchev–Trinajstić information content (AvgIpc) is 3.84. The monoisotopic (exact) mass is 811 g/mol. The van der Waals surface area contributed by atoms with Crippen LogP contribution in [0.4, 0.5) is 17.1 Å². The highest BCUT2D eigenvalue weighted by Crippen LogP contribution is 2.55. The maximum Gasteiger partial charge on any atom is 0.143 e. The zero-order valence-corrected chi connectivity index (χ0v) is 35.9. The van der Waals surface area contributed by atoms with Crippen molar-refractivity contribution in [1.82, 2.24) is 0 Å². The third kappa shape index (κ3) is 6.07. The Morgan fingerprint density at radius 1 is 0.476 bits per heavy atom. The molecule has 1 saturated carbocycles. The highest BCUT2D eigenvalue weighted by Gasteiger charge is 2.37. The zero-order valence-electron chi connectivity index (χ0n) is 35.9. The van der Waals surface area contributed by atoms with Crippen molar-refractivity contribution in [3.8, 4) is 44.5 Å². The molecule has 0 amide bonds. The SMILES string of the molecule is CC1(C)c2ccccc2-c2c(-c3ccccc3N(c3cccc(-c4cccc5c4oc4ccccc45)c3)c3ccccc3-c3cccc4cccc(C5CCCCC5)c34)cccc21. The van der Waals surface area contributed by atoms with Gasteiger partial charge in [0.05, 0.1) is 11.4 Å². The van der Waals surface area contributed by atoms with E-state index in [1.807, 2.05) is 6.07 Å². The van der Waals surface area contributed by atoms with Crippen LogP contribution in [0.25, 0.3) is 77.2 Å². The van der Waals surface area contributed by atoms with Crippen LogP contribution in [-0.4, -0.2) is 0 Å². The number of fused-ring (bicyclic) bond motifs is 7. The van der Waals surface area contributed by atoms with Crippen molar-refractivity contribution >= 4 is 49.8 Å². The standard InChI is InChI=1S/C61H49NO/c1-61(2)53-34-10-6-28-52(53)59-50(32-18-35-54(59)61)47-26-8-12-37-56(47)62(43-24-14-23-42(39-43)45-30-17-33-51-48-27-9-13-38-57(48)63-60(45)51)55-36-11-7-25-46(55)49-31-16-22-41-21-15-29-44(58(41)49)40-19-4-3-5-20-40/h6-18,21-40H,3-5,19-20H2,1-2H3. The van der Waals surface area contributed by atoms with Crippen LogP contribution < -0.4 is 4.90 Å². The van der Waals surface area contributed by atoms with E-state index in [0.717, 1.165) is 50.1 Å². The van der Waals surface area contributed by atoms with Crippen molar-refractivity contribution in [2.24, 2.45) is 0 Å². The Labute approximate surface area is 370 Å². The van der Waals surface area contributed by atoms with Gasteiger partial charge in [0.25, 0.3) is 0 Å². The zero-order chi connectivity index (χ0) is 42.1. The molecular formula is C61H49NO. The number of benzene rings is 9. The van der Waals surface area contributed by atoms with Gasteiger partial charge >= 0.3 is 0 Å². The summed E-state index contributed by atoms with van der Waals surface area (Å²) >= 11 is 0. The minimum absolute atomic E-state index is 0.112.